The van der Waals surface area contributed by atoms with Gasteiger partial charge in [0.25, 0.3) is 5.91 Å². The lowest BCUT2D eigenvalue weighted by molar-refractivity contribution is -0.137. The average Bonchev–Trinajstić information content (AvgIpc) is 3.06. The number of anilines is 1. The number of hydrogen-bond donors (Lipinski definition) is 1. The number of halogens is 3. The molecular formula is C20H15F3N4O2. The lowest BCUT2D eigenvalue weighted by Gasteiger charge is -2.12. The molecular weight excluding hydrogens is 385 g/mol. The zero-order chi connectivity index (χ0) is 21.0. The lowest BCUT2D eigenvalue weighted by atomic mass is 10.2. The third-order valence-corrected chi connectivity index (χ3v) is 3.88. The summed E-state index contributed by atoms with van der Waals surface area (Å²) in [6.07, 6.45) is -4.50. The van der Waals surface area contributed by atoms with Crippen molar-refractivity contribution in [1.29, 1.82) is 5.26 Å². The van der Waals surface area contributed by atoms with E-state index in [9.17, 15) is 18.0 Å². The minimum Gasteiger partial charge on any atom is -0.482 e. The fourth-order valence-corrected chi connectivity index (χ4v) is 2.61. The Morgan fingerprint density at radius 2 is 1.97 bits per heavy atom. The van der Waals surface area contributed by atoms with Crippen molar-refractivity contribution >= 4 is 11.7 Å². The number of nitriles is 1. The van der Waals surface area contributed by atoms with Gasteiger partial charge in [-0.25, -0.2) is 4.68 Å². The molecule has 0 radical (unpaired) electrons. The smallest absolute Gasteiger partial charge is 0.416 e. The maximum absolute atomic E-state index is 13.0. The van der Waals surface area contributed by atoms with E-state index >= 15 is 0 Å². The topological polar surface area (TPSA) is 79.9 Å². The molecule has 148 valence electrons. The standard InChI is InChI=1S/C20H15F3N4O2/c1-13-9-18(25-19(28)12-29-17-8-3-2-5-14(17)11-24)27(26-13)16-7-4-6-15(10-16)20(21,22)23/h2-10H,12H2,1H3,(H,25,28). The number of para-hydroxylation sites is 1. The first-order valence-corrected chi connectivity index (χ1v) is 8.44. The molecule has 29 heavy (non-hydrogen) atoms. The summed E-state index contributed by atoms with van der Waals surface area (Å²) in [6, 6.07) is 14.6. The summed E-state index contributed by atoms with van der Waals surface area (Å²) < 4.78 is 45.5. The Labute approximate surface area is 164 Å². The molecule has 1 aromatic heterocycles. The molecule has 0 aliphatic heterocycles. The number of benzene rings is 2. The average molecular weight is 400 g/mol. The Balaban J connectivity index is 1.78. The summed E-state index contributed by atoms with van der Waals surface area (Å²) in [5.74, 6) is -0.0948. The molecule has 6 nitrogen and oxygen atoms in total. The number of ether oxygens (including phenoxy) is 1. The number of nitrogens with zero attached hydrogens (tertiary/aromatic N) is 3. The first-order valence-electron chi connectivity index (χ1n) is 8.44. The maximum atomic E-state index is 13.0. The molecule has 0 atom stereocenters. The van der Waals surface area contributed by atoms with E-state index < -0.39 is 17.6 Å². The molecule has 1 amide bonds. The Bertz CT molecular complexity index is 1080. The van der Waals surface area contributed by atoms with E-state index in [4.69, 9.17) is 10.00 Å². The molecule has 0 fully saturated rings. The van der Waals surface area contributed by atoms with Crippen LogP contribution in [0.4, 0.5) is 19.0 Å². The summed E-state index contributed by atoms with van der Waals surface area (Å²) in [5, 5.41) is 15.8. The molecule has 1 N–H and O–H groups in total. The van der Waals surface area contributed by atoms with E-state index in [1.165, 1.54) is 22.9 Å². The Morgan fingerprint density at radius 1 is 1.21 bits per heavy atom. The van der Waals surface area contributed by atoms with Crippen molar-refractivity contribution in [1.82, 2.24) is 9.78 Å². The number of aromatic nitrogens is 2. The predicted molar refractivity (Wildman–Crippen MR) is 98.6 cm³/mol. The number of amides is 1. The molecule has 0 aliphatic carbocycles. The highest BCUT2D eigenvalue weighted by molar-refractivity contribution is 5.91. The lowest BCUT2D eigenvalue weighted by Crippen LogP contribution is -2.22. The largest absolute Gasteiger partial charge is 0.482 e. The van der Waals surface area contributed by atoms with Crippen molar-refractivity contribution in [2.45, 2.75) is 13.1 Å². The van der Waals surface area contributed by atoms with Gasteiger partial charge in [-0.05, 0) is 37.3 Å². The predicted octanol–water partition coefficient (Wildman–Crippen LogP) is 4.09. The van der Waals surface area contributed by atoms with Gasteiger partial charge >= 0.3 is 6.18 Å². The third-order valence-electron chi connectivity index (χ3n) is 3.88. The highest BCUT2D eigenvalue weighted by Gasteiger charge is 2.30. The highest BCUT2D eigenvalue weighted by atomic mass is 19.4. The van der Waals surface area contributed by atoms with Crippen LogP contribution in [0.3, 0.4) is 0 Å². The van der Waals surface area contributed by atoms with E-state index in [0.717, 1.165) is 12.1 Å². The first-order chi connectivity index (χ1) is 13.8. The van der Waals surface area contributed by atoms with Crippen LogP contribution in [0, 0.1) is 18.3 Å². The Morgan fingerprint density at radius 3 is 2.69 bits per heavy atom. The molecule has 0 aliphatic rings. The van der Waals surface area contributed by atoms with Gasteiger partial charge in [-0.15, -0.1) is 0 Å². The molecule has 0 saturated heterocycles. The molecule has 1 heterocycles. The Kier molecular flexibility index (Phi) is 5.54. The minimum atomic E-state index is -4.50. The van der Waals surface area contributed by atoms with Crippen LogP contribution in [-0.4, -0.2) is 22.3 Å². The van der Waals surface area contributed by atoms with Gasteiger partial charge in [-0.3, -0.25) is 4.79 Å². The molecule has 2 aromatic carbocycles. The van der Waals surface area contributed by atoms with Crippen LogP contribution in [0.15, 0.2) is 54.6 Å². The van der Waals surface area contributed by atoms with Gasteiger partial charge in [0.2, 0.25) is 0 Å². The first kappa shape index (κ1) is 19.9. The van der Waals surface area contributed by atoms with Gasteiger partial charge in [0.05, 0.1) is 22.5 Å². The number of alkyl halides is 3. The van der Waals surface area contributed by atoms with Crippen molar-refractivity contribution in [3.05, 3.63) is 71.4 Å². The Hall–Kier alpha value is -3.80. The van der Waals surface area contributed by atoms with Crippen molar-refractivity contribution in [2.24, 2.45) is 0 Å². The van der Waals surface area contributed by atoms with Crippen LogP contribution >= 0.6 is 0 Å². The second kappa shape index (κ2) is 8.06. The fourth-order valence-electron chi connectivity index (χ4n) is 2.61. The second-order valence-electron chi connectivity index (χ2n) is 6.08. The SMILES string of the molecule is Cc1cc(NC(=O)COc2ccccc2C#N)n(-c2cccc(C(F)(F)F)c2)n1. The maximum Gasteiger partial charge on any atom is 0.416 e. The van der Waals surface area contributed by atoms with Gasteiger partial charge in [-0.2, -0.15) is 23.5 Å². The van der Waals surface area contributed by atoms with Gasteiger partial charge in [0, 0.05) is 6.07 Å². The van der Waals surface area contributed by atoms with Gasteiger partial charge in [0.15, 0.2) is 6.61 Å². The molecule has 3 rings (SSSR count). The van der Waals surface area contributed by atoms with E-state index in [0.29, 0.717) is 5.69 Å². The van der Waals surface area contributed by atoms with Gasteiger partial charge in [0.1, 0.15) is 17.6 Å². The number of rotatable bonds is 5. The number of hydrogen-bond acceptors (Lipinski definition) is 4. The monoisotopic (exact) mass is 400 g/mol. The van der Waals surface area contributed by atoms with E-state index in [1.54, 1.807) is 31.2 Å². The zero-order valence-corrected chi connectivity index (χ0v) is 15.2. The van der Waals surface area contributed by atoms with Gasteiger partial charge in [-0.1, -0.05) is 18.2 Å². The number of nitrogens with one attached hydrogen (secondary N) is 1. The second-order valence-corrected chi connectivity index (χ2v) is 6.08. The molecule has 3 aromatic rings. The number of carbonyl (C=O) groups is 1. The molecule has 0 saturated carbocycles. The van der Waals surface area contributed by atoms with E-state index in [-0.39, 0.29) is 29.4 Å². The van der Waals surface area contributed by atoms with Crippen molar-refractivity contribution < 1.29 is 22.7 Å². The quantitative estimate of drug-likeness (QED) is 0.700. The summed E-state index contributed by atoms with van der Waals surface area (Å²) in [6.45, 7) is 1.27. The minimum absolute atomic E-state index is 0.152. The van der Waals surface area contributed by atoms with Crippen molar-refractivity contribution in [3.63, 3.8) is 0 Å². The molecule has 9 heteroatoms. The molecule has 0 unspecified atom stereocenters. The normalized spacial score (nSPS) is 11.0. The van der Waals surface area contributed by atoms with Crippen molar-refractivity contribution in [3.8, 4) is 17.5 Å². The van der Waals surface area contributed by atoms with Crippen LogP contribution in [-0.2, 0) is 11.0 Å². The number of aryl methyl sites for hydroxylation is 1. The van der Waals surface area contributed by atoms with Crippen LogP contribution in [0.5, 0.6) is 5.75 Å². The summed E-state index contributed by atoms with van der Waals surface area (Å²) in [7, 11) is 0. The summed E-state index contributed by atoms with van der Waals surface area (Å²) in [5.41, 5.74) is 0.120. The molecule has 0 spiro atoms. The summed E-state index contributed by atoms with van der Waals surface area (Å²) in [4.78, 5) is 12.3. The van der Waals surface area contributed by atoms with Crippen LogP contribution in [0.25, 0.3) is 5.69 Å². The highest BCUT2D eigenvalue weighted by Crippen LogP contribution is 2.31. The summed E-state index contributed by atoms with van der Waals surface area (Å²) >= 11 is 0. The van der Waals surface area contributed by atoms with Crippen LogP contribution in [0.2, 0.25) is 0 Å². The number of carbonyl (C=O) groups excluding carboxylic acids is 1. The third kappa shape index (κ3) is 4.73. The van der Waals surface area contributed by atoms with Crippen LogP contribution in [0.1, 0.15) is 16.8 Å². The van der Waals surface area contributed by atoms with Crippen molar-refractivity contribution in [2.75, 3.05) is 11.9 Å². The fraction of sp³-hybridized carbons (Fsp3) is 0.150. The van der Waals surface area contributed by atoms with Crippen LogP contribution < -0.4 is 10.1 Å². The zero-order valence-electron chi connectivity index (χ0n) is 15.2. The van der Waals surface area contributed by atoms with E-state index in [1.807, 2.05) is 6.07 Å². The molecule has 0 bridgehead atoms. The van der Waals surface area contributed by atoms with E-state index in [2.05, 4.69) is 10.4 Å². The van der Waals surface area contributed by atoms with Gasteiger partial charge < -0.3 is 10.1 Å².